The van der Waals surface area contributed by atoms with Crippen molar-refractivity contribution in [3.8, 4) is 0 Å². The Morgan fingerprint density at radius 2 is 1.83 bits per heavy atom. The third-order valence-corrected chi connectivity index (χ3v) is 4.86. The second-order valence-electron chi connectivity index (χ2n) is 7.52. The van der Waals surface area contributed by atoms with E-state index in [0.717, 1.165) is 11.9 Å². The molecule has 0 aromatic carbocycles. The van der Waals surface area contributed by atoms with Gasteiger partial charge in [-0.1, -0.05) is 6.08 Å². The van der Waals surface area contributed by atoms with Crippen LogP contribution in [0.1, 0.15) is 52.4 Å². The highest BCUT2D eigenvalue weighted by Crippen LogP contribution is 2.23. The van der Waals surface area contributed by atoms with Gasteiger partial charge in [-0.25, -0.2) is 0 Å². The Morgan fingerprint density at radius 3 is 2.45 bits per heavy atom. The van der Waals surface area contributed by atoms with Gasteiger partial charge in [0.1, 0.15) is 18.4 Å². The molecule has 0 saturated carbocycles. The number of carbonyl (C=O) groups is 4. The Kier molecular flexibility index (Phi) is 11.2. The van der Waals surface area contributed by atoms with Crippen molar-refractivity contribution in [2.45, 2.75) is 70.5 Å². The first-order valence-corrected chi connectivity index (χ1v) is 10.1. The summed E-state index contributed by atoms with van der Waals surface area (Å²) in [5.41, 5.74) is 0.766. The summed E-state index contributed by atoms with van der Waals surface area (Å²) in [4.78, 5) is 46.7. The van der Waals surface area contributed by atoms with Crippen molar-refractivity contribution in [1.29, 1.82) is 0 Å². The Morgan fingerprint density at radius 1 is 1.14 bits per heavy atom. The van der Waals surface area contributed by atoms with Crippen molar-refractivity contribution < 1.29 is 29.4 Å². The molecule has 0 radical (unpaired) electrons. The number of aliphatic hydroxyl groups is 2. The molecule has 1 rings (SSSR count). The monoisotopic (exact) mass is 411 g/mol. The van der Waals surface area contributed by atoms with Gasteiger partial charge in [-0.05, 0) is 51.0 Å². The summed E-state index contributed by atoms with van der Waals surface area (Å²) in [5.74, 6) is -1.17. The lowest BCUT2D eigenvalue weighted by atomic mass is 9.86. The van der Waals surface area contributed by atoms with Crippen LogP contribution in [0.25, 0.3) is 0 Å². The molecule has 1 aliphatic carbocycles. The Balaban J connectivity index is 2.45. The predicted octanol–water partition coefficient (Wildman–Crippen LogP) is -0.439. The lowest BCUT2D eigenvalue weighted by Gasteiger charge is -2.28. The topological polar surface area (TPSA) is 145 Å². The minimum absolute atomic E-state index is 0.0254. The lowest BCUT2D eigenvalue weighted by molar-refractivity contribution is -0.131. The highest BCUT2D eigenvalue weighted by Gasteiger charge is 2.26. The first-order valence-electron chi connectivity index (χ1n) is 10.1. The molecule has 0 spiro atoms. The van der Waals surface area contributed by atoms with E-state index in [1.54, 1.807) is 13.0 Å². The zero-order chi connectivity index (χ0) is 21.8. The Labute approximate surface area is 171 Å². The van der Waals surface area contributed by atoms with Crippen LogP contribution in [0.15, 0.2) is 11.6 Å². The molecule has 0 fully saturated rings. The molecule has 1 aliphatic rings. The zero-order valence-corrected chi connectivity index (χ0v) is 17.1. The fraction of sp³-hybridized carbons (Fsp3) is 0.700. The van der Waals surface area contributed by atoms with Gasteiger partial charge in [0, 0.05) is 25.5 Å². The van der Waals surface area contributed by atoms with Crippen LogP contribution in [-0.2, 0) is 19.2 Å². The Bertz CT molecular complexity index is 607. The number of amides is 3. The number of hydrogen-bond acceptors (Lipinski definition) is 6. The number of hydrogen-bond donors (Lipinski definition) is 5. The quantitative estimate of drug-likeness (QED) is 0.167. The average Bonchev–Trinajstić information content (AvgIpc) is 2.70. The van der Waals surface area contributed by atoms with Crippen LogP contribution in [0.4, 0.5) is 0 Å². The zero-order valence-electron chi connectivity index (χ0n) is 17.1. The minimum Gasteiger partial charge on any atom is -0.396 e. The first-order chi connectivity index (χ1) is 13.8. The van der Waals surface area contributed by atoms with E-state index < -0.39 is 18.0 Å². The van der Waals surface area contributed by atoms with Crippen LogP contribution in [-0.4, -0.2) is 65.6 Å². The number of carbonyl (C=O) groups excluding carboxylic acids is 4. The molecule has 9 heteroatoms. The molecule has 0 saturated heterocycles. The lowest BCUT2D eigenvalue weighted by Crippen LogP contribution is -2.53. The highest BCUT2D eigenvalue weighted by molar-refractivity contribution is 5.91. The predicted molar refractivity (Wildman–Crippen MR) is 107 cm³/mol. The van der Waals surface area contributed by atoms with Gasteiger partial charge >= 0.3 is 0 Å². The van der Waals surface area contributed by atoms with E-state index in [4.69, 9.17) is 0 Å². The van der Waals surface area contributed by atoms with Crippen molar-refractivity contribution in [3.63, 3.8) is 0 Å². The fourth-order valence-corrected chi connectivity index (χ4v) is 3.19. The molecule has 0 unspecified atom stereocenters. The van der Waals surface area contributed by atoms with Crippen molar-refractivity contribution in [1.82, 2.24) is 16.0 Å². The van der Waals surface area contributed by atoms with E-state index in [0.29, 0.717) is 32.1 Å². The summed E-state index contributed by atoms with van der Waals surface area (Å²) >= 11 is 0. The number of unbranched alkanes of at least 4 members (excludes halogenated alkanes) is 2. The molecular weight excluding hydrogens is 378 g/mol. The molecule has 4 atom stereocenters. The minimum atomic E-state index is -0.810. The van der Waals surface area contributed by atoms with E-state index in [-0.39, 0.29) is 43.4 Å². The maximum atomic E-state index is 12.4. The number of aldehydes is 1. The first kappa shape index (κ1) is 24.8. The van der Waals surface area contributed by atoms with Crippen molar-refractivity contribution in [3.05, 3.63) is 11.6 Å². The summed E-state index contributed by atoms with van der Waals surface area (Å²) in [6.45, 7) is 2.93. The highest BCUT2D eigenvalue weighted by atomic mass is 16.3. The van der Waals surface area contributed by atoms with Crippen LogP contribution in [0.3, 0.4) is 0 Å². The average molecular weight is 411 g/mol. The van der Waals surface area contributed by atoms with E-state index in [1.807, 2.05) is 0 Å². The number of rotatable bonds is 12. The molecule has 0 heterocycles. The maximum absolute atomic E-state index is 12.4. The van der Waals surface area contributed by atoms with Gasteiger partial charge in [0.05, 0.1) is 6.61 Å². The van der Waals surface area contributed by atoms with Crippen LogP contribution in [0.5, 0.6) is 0 Å². The second kappa shape index (κ2) is 13.1. The van der Waals surface area contributed by atoms with Gasteiger partial charge in [-0.3, -0.25) is 14.4 Å². The molecule has 3 amide bonds. The molecule has 0 bridgehead atoms. The summed E-state index contributed by atoms with van der Waals surface area (Å²) in [7, 11) is 0. The summed E-state index contributed by atoms with van der Waals surface area (Å²) < 4.78 is 0. The number of nitrogens with one attached hydrogen (secondary N) is 3. The van der Waals surface area contributed by atoms with E-state index in [9.17, 15) is 29.4 Å². The van der Waals surface area contributed by atoms with Gasteiger partial charge in [-0.15, -0.1) is 0 Å². The van der Waals surface area contributed by atoms with Crippen LogP contribution in [0.2, 0.25) is 0 Å². The molecular formula is C20H33N3O6. The third-order valence-electron chi connectivity index (χ3n) is 4.86. The molecule has 0 aromatic heterocycles. The van der Waals surface area contributed by atoms with Gasteiger partial charge in [0.15, 0.2) is 0 Å². The summed E-state index contributed by atoms with van der Waals surface area (Å²) in [5, 5.41) is 26.6. The van der Waals surface area contributed by atoms with E-state index >= 15 is 0 Å². The van der Waals surface area contributed by atoms with Gasteiger partial charge in [-0.2, -0.15) is 0 Å². The number of aliphatic hydroxyl groups excluding tert-OH is 2. The standard InChI is InChI=1S/C20H33N3O6/c1-13(21-18(27)6-4-3-5-7-24)19(28)22-14(2)20(29)23-17-9-15(11-25)8-16(10-17)12-26/h7,9,13-14,16-17,25-26H,3-6,8,10-12H2,1-2H3,(H,21,27)(H,22,28)(H,23,29)/t13-,14+,16+,17-/m0/s1. The van der Waals surface area contributed by atoms with Crippen LogP contribution in [0, 0.1) is 5.92 Å². The van der Waals surface area contributed by atoms with Crippen molar-refractivity contribution in [2.75, 3.05) is 13.2 Å². The van der Waals surface area contributed by atoms with Gasteiger partial charge in [0.2, 0.25) is 17.7 Å². The third kappa shape index (κ3) is 9.19. The Hall–Kier alpha value is -2.26. The summed E-state index contributed by atoms with van der Waals surface area (Å²) in [6, 6.07) is -1.92. The van der Waals surface area contributed by atoms with Gasteiger partial charge < -0.3 is 31.0 Å². The second-order valence-corrected chi connectivity index (χ2v) is 7.52. The SMILES string of the molecule is C[C@H](NC(=O)CCCCC=O)C(=O)N[C@H](C)C(=O)N[C@H]1C=C(CO)C[C@@H](CO)C1. The maximum Gasteiger partial charge on any atom is 0.242 e. The molecule has 164 valence electrons. The fourth-order valence-electron chi connectivity index (χ4n) is 3.19. The van der Waals surface area contributed by atoms with Crippen molar-refractivity contribution >= 4 is 24.0 Å². The van der Waals surface area contributed by atoms with Crippen LogP contribution >= 0.6 is 0 Å². The molecule has 9 nitrogen and oxygen atoms in total. The smallest absolute Gasteiger partial charge is 0.242 e. The van der Waals surface area contributed by atoms with Crippen molar-refractivity contribution in [2.24, 2.45) is 5.92 Å². The molecule has 5 N–H and O–H groups in total. The normalized spacial score (nSPS) is 20.8. The molecule has 29 heavy (non-hydrogen) atoms. The van der Waals surface area contributed by atoms with E-state index in [1.165, 1.54) is 6.92 Å². The van der Waals surface area contributed by atoms with Crippen LogP contribution < -0.4 is 16.0 Å². The van der Waals surface area contributed by atoms with Gasteiger partial charge in [0.25, 0.3) is 0 Å². The summed E-state index contributed by atoms with van der Waals surface area (Å²) in [6.07, 6.45) is 5.57. The molecule has 0 aliphatic heterocycles. The largest absolute Gasteiger partial charge is 0.396 e. The molecule has 0 aromatic rings. The van der Waals surface area contributed by atoms with E-state index in [2.05, 4.69) is 16.0 Å².